The van der Waals surface area contributed by atoms with E-state index in [0.29, 0.717) is 74.3 Å². The fourth-order valence-electron chi connectivity index (χ4n) is 3.36. The van der Waals surface area contributed by atoms with E-state index in [2.05, 4.69) is 20.6 Å². The van der Waals surface area contributed by atoms with Crippen LogP contribution in [0.25, 0.3) is 0 Å². The molecule has 3 rings (SSSR count). The molecule has 0 aliphatic carbocycles. The number of H-pyrrole nitrogens is 1. The Kier molecular flexibility index (Phi) is 8.20. The van der Waals surface area contributed by atoms with Crippen molar-refractivity contribution in [1.82, 2.24) is 20.6 Å². The van der Waals surface area contributed by atoms with Crippen molar-refractivity contribution in [3.8, 4) is 5.75 Å². The summed E-state index contributed by atoms with van der Waals surface area (Å²) < 4.78 is 10.4. The molecule has 0 unspecified atom stereocenters. The summed E-state index contributed by atoms with van der Waals surface area (Å²) in [6.45, 7) is 4.94. The second-order valence-electron chi connectivity index (χ2n) is 7.39. The molecule has 2 aromatic rings. The summed E-state index contributed by atoms with van der Waals surface area (Å²) in [4.78, 5) is 46.0. The molecule has 1 saturated heterocycles. The lowest BCUT2D eigenvalue weighted by Crippen LogP contribution is -2.39. The van der Waals surface area contributed by atoms with Crippen LogP contribution in [0.5, 0.6) is 5.75 Å². The minimum Gasteiger partial charge on any atom is -0.497 e. The topological polar surface area (TPSA) is 126 Å². The zero-order valence-corrected chi connectivity index (χ0v) is 18.4. The molecule has 10 heteroatoms. The Hall–Kier alpha value is -3.40. The summed E-state index contributed by atoms with van der Waals surface area (Å²) in [7, 11) is 1.56. The average molecular weight is 444 g/mol. The first-order valence-corrected chi connectivity index (χ1v) is 10.6. The van der Waals surface area contributed by atoms with Gasteiger partial charge in [-0.2, -0.15) is 0 Å². The highest BCUT2D eigenvalue weighted by Crippen LogP contribution is 2.12. The third kappa shape index (κ3) is 6.30. The molecule has 0 saturated carbocycles. The molecule has 0 atom stereocenters. The summed E-state index contributed by atoms with van der Waals surface area (Å²) in [6.07, 6.45) is 0.455. The molecule has 1 aliphatic rings. The fraction of sp³-hybridized carbons (Fsp3) is 0.455. The molecule has 0 bridgehead atoms. The number of anilines is 1. The van der Waals surface area contributed by atoms with Gasteiger partial charge in [0.25, 0.3) is 11.5 Å². The van der Waals surface area contributed by atoms with Crippen LogP contribution < -0.4 is 25.8 Å². The van der Waals surface area contributed by atoms with Gasteiger partial charge in [-0.1, -0.05) is 0 Å². The molecule has 32 heavy (non-hydrogen) atoms. The number of nitrogens with zero attached hydrogens (tertiary/aromatic N) is 2. The Morgan fingerprint density at radius 3 is 2.50 bits per heavy atom. The van der Waals surface area contributed by atoms with Gasteiger partial charge in [0.05, 0.1) is 20.3 Å². The number of morpholine rings is 1. The highest BCUT2D eigenvalue weighted by Gasteiger charge is 2.16. The maximum absolute atomic E-state index is 12.5. The number of carbonyl (C=O) groups is 2. The van der Waals surface area contributed by atoms with E-state index >= 15 is 0 Å². The predicted octanol–water partition coefficient (Wildman–Crippen LogP) is 0.402. The van der Waals surface area contributed by atoms with Gasteiger partial charge in [0.2, 0.25) is 11.9 Å². The van der Waals surface area contributed by atoms with E-state index in [1.54, 1.807) is 38.3 Å². The molecule has 1 aromatic carbocycles. The van der Waals surface area contributed by atoms with Crippen molar-refractivity contribution in [2.24, 2.45) is 0 Å². The summed E-state index contributed by atoms with van der Waals surface area (Å²) in [5.41, 5.74) is 1.41. The van der Waals surface area contributed by atoms with Gasteiger partial charge in [0.1, 0.15) is 5.75 Å². The molecule has 1 fully saturated rings. The number of hydrogen-bond donors (Lipinski definition) is 3. The van der Waals surface area contributed by atoms with Gasteiger partial charge in [-0.3, -0.25) is 19.4 Å². The molecule has 10 nitrogen and oxygen atoms in total. The second-order valence-corrected chi connectivity index (χ2v) is 7.39. The normalized spacial score (nSPS) is 13.5. The zero-order valence-electron chi connectivity index (χ0n) is 18.4. The van der Waals surface area contributed by atoms with E-state index in [9.17, 15) is 14.4 Å². The van der Waals surface area contributed by atoms with E-state index in [1.807, 2.05) is 4.90 Å². The molecular formula is C22H29N5O5. The van der Waals surface area contributed by atoms with E-state index in [-0.39, 0.29) is 23.8 Å². The lowest BCUT2D eigenvalue weighted by molar-refractivity contribution is -0.121. The lowest BCUT2D eigenvalue weighted by atomic mass is 10.1. The maximum Gasteiger partial charge on any atom is 0.255 e. The van der Waals surface area contributed by atoms with Crippen molar-refractivity contribution >= 4 is 17.8 Å². The molecular weight excluding hydrogens is 414 g/mol. The number of aromatic amines is 1. The largest absolute Gasteiger partial charge is 0.497 e. The van der Waals surface area contributed by atoms with Crippen LogP contribution in [0.3, 0.4) is 0 Å². The summed E-state index contributed by atoms with van der Waals surface area (Å²) >= 11 is 0. The molecule has 1 aromatic heterocycles. The standard InChI is InChI=1S/C22H29N5O5/c1-15-18(21(30)26-22(25-15)27-11-13-32-14-12-27)7-8-19(28)23-9-10-24-20(29)16-3-5-17(31-2)6-4-16/h3-6H,7-14H2,1-2H3,(H,23,28)(H,24,29)(H,25,26,30). The van der Waals surface area contributed by atoms with Crippen molar-refractivity contribution in [3.63, 3.8) is 0 Å². The fourth-order valence-corrected chi connectivity index (χ4v) is 3.36. The molecule has 0 spiro atoms. The molecule has 0 radical (unpaired) electrons. The monoisotopic (exact) mass is 443 g/mol. The third-order valence-corrected chi connectivity index (χ3v) is 5.21. The first-order chi connectivity index (χ1) is 15.5. The van der Waals surface area contributed by atoms with E-state index in [1.165, 1.54) is 0 Å². The number of nitrogens with one attached hydrogen (secondary N) is 3. The maximum atomic E-state index is 12.5. The number of aryl methyl sites for hydroxylation is 1. The number of aromatic nitrogens is 2. The van der Waals surface area contributed by atoms with Gasteiger partial charge < -0.3 is 25.0 Å². The zero-order chi connectivity index (χ0) is 22.9. The number of ether oxygens (including phenoxy) is 2. The Morgan fingerprint density at radius 2 is 1.84 bits per heavy atom. The van der Waals surface area contributed by atoms with Crippen LogP contribution in [0.2, 0.25) is 0 Å². The molecule has 2 heterocycles. The van der Waals surface area contributed by atoms with Crippen LogP contribution in [0, 0.1) is 6.92 Å². The second kappa shape index (κ2) is 11.3. The van der Waals surface area contributed by atoms with Crippen LogP contribution in [0.15, 0.2) is 29.1 Å². The molecule has 3 N–H and O–H groups in total. The van der Waals surface area contributed by atoms with Crippen LogP contribution in [0.1, 0.15) is 28.0 Å². The number of rotatable bonds is 9. The highest BCUT2D eigenvalue weighted by molar-refractivity contribution is 5.94. The Balaban J connectivity index is 1.41. The van der Waals surface area contributed by atoms with Crippen LogP contribution in [-0.2, 0) is 16.0 Å². The smallest absolute Gasteiger partial charge is 0.255 e. The van der Waals surface area contributed by atoms with Crippen molar-refractivity contribution in [2.45, 2.75) is 19.8 Å². The van der Waals surface area contributed by atoms with Gasteiger partial charge in [0, 0.05) is 49.4 Å². The lowest BCUT2D eigenvalue weighted by Gasteiger charge is -2.27. The quantitative estimate of drug-likeness (QED) is 0.479. The molecule has 172 valence electrons. The Bertz CT molecular complexity index is 983. The van der Waals surface area contributed by atoms with Crippen molar-refractivity contribution in [1.29, 1.82) is 0 Å². The number of methoxy groups -OCH3 is 1. The highest BCUT2D eigenvalue weighted by atomic mass is 16.5. The number of hydrogen-bond acceptors (Lipinski definition) is 7. The first-order valence-electron chi connectivity index (χ1n) is 10.6. The first kappa shape index (κ1) is 23.3. The van der Waals surface area contributed by atoms with Gasteiger partial charge in [-0.05, 0) is 37.6 Å². The Morgan fingerprint density at radius 1 is 1.16 bits per heavy atom. The van der Waals surface area contributed by atoms with Crippen LogP contribution >= 0.6 is 0 Å². The van der Waals surface area contributed by atoms with E-state index in [0.717, 1.165) is 0 Å². The summed E-state index contributed by atoms with van der Waals surface area (Å²) in [5, 5.41) is 5.50. The third-order valence-electron chi connectivity index (χ3n) is 5.21. The van der Waals surface area contributed by atoms with Crippen LogP contribution in [0.4, 0.5) is 5.95 Å². The van der Waals surface area contributed by atoms with Gasteiger partial charge in [-0.25, -0.2) is 4.98 Å². The molecule has 1 aliphatic heterocycles. The van der Waals surface area contributed by atoms with Crippen molar-refractivity contribution in [2.75, 3.05) is 51.4 Å². The van der Waals surface area contributed by atoms with Crippen molar-refractivity contribution in [3.05, 3.63) is 51.4 Å². The van der Waals surface area contributed by atoms with E-state index in [4.69, 9.17) is 9.47 Å². The predicted molar refractivity (Wildman–Crippen MR) is 119 cm³/mol. The van der Waals surface area contributed by atoms with Gasteiger partial charge >= 0.3 is 0 Å². The van der Waals surface area contributed by atoms with E-state index < -0.39 is 0 Å². The SMILES string of the molecule is COc1ccc(C(=O)NCCNC(=O)CCc2c(C)nc(N3CCOCC3)[nH]c2=O)cc1. The minimum absolute atomic E-state index is 0.162. The Labute approximate surface area is 186 Å². The number of amides is 2. The van der Waals surface area contributed by atoms with Gasteiger partial charge in [0.15, 0.2) is 0 Å². The summed E-state index contributed by atoms with van der Waals surface area (Å²) in [6, 6.07) is 6.77. The average Bonchev–Trinajstić information content (AvgIpc) is 2.81. The minimum atomic E-state index is -0.226. The van der Waals surface area contributed by atoms with Crippen molar-refractivity contribution < 1.29 is 19.1 Å². The molecule has 2 amide bonds. The van der Waals surface area contributed by atoms with Crippen LogP contribution in [-0.4, -0.2) is 68.3 Å². The number of benzene rings is 1. The summed E-state index contributed by atoms with van der Waals surface area (Å²) in [5.74, 6) is 0.792. The van der Waals surface area contributed by atoms with Gasteiger partial charge in [-0.15, -0.1) is 0 Å². The number of carbonyl (C=O) groups excluding carboxylic acids is 2.